The molecule has 0 saturated carbocycles. The molecule has 0 spiro atoms. The molecule has 9 heteroatoms. The van der Waals surface area contributed by atoms with Crippen molar-refractivity contribution in [1.29, 1.82) is 0 Å². The number of rotatable bonds is 7. The fraction of sp³-hybridized carbons (Fsp3) is 0.263. The number of halogens is 1. The van der Waals surface area contributed by atoms with Gasteiger partial charge >= 0.3 is 5.97 Å². The minimum atomic E-state index is -0.392. The highest BCUT2D eigenvalue weighted by atomic mass is 79.9. The van der Waals surface area contributed by atoms with Crippen LogP contribution in [-0.4, -0.2) is 38.5 Å². The molecule has 3 rings (SSSR count). The number of ether oxygens (including phenoxy) is 1. The van der Waals surface area contributed by atoms with Crippen LogP contribution >= 0.6 is 15.9 Å². The van der Waals surface area contributed by atoms with Gasteiger partial charge in [-0.1, -0.05) is 18.2 Å². The van der Waals surface area contributed by atoms with Crippen molar-refractivity contribution in [2.45, 2.75) is 26.4 Å². The first kappa shape index (κ1) is 19.8. The van der Waals surface area contributed by atoms with Crippen LogP contribution in [0.3, 0.4) is 0 Å². The molecule has 0 aliphatic rings. The van der Waals surface area contributed by atoms with Gasteiger partial charge in [0.1, 0.15) is 0 Å². The fourth-order valence-electron chi connectivity index (χ4n) is 2.74. The lowest BCUT2D eigenvalue weighted by Crippen LogP contribution is -2.15. The highest BCUT2D eigenvalue weighted by Gasteiger charge is 2.12. The number of methoxy groups -OCH3 is 1. The maximum Gasteiger partial charge on any atom is 0.338 e. The number of amides is 1. The minimum absolute atomic E-state index is 0.125. The molecule has 146 valence electrons. The van der Waals surface area contributed by atoms with Gasteiger partial charge in [-0.05, 0) is 34.5 Å². The van der Waals surface area contributed by atoms with Gasteiger partial charge in [-0.2, -0.15) is 10.2 Å². The van der Waals surface area contributed by atoms with Crippen LogP contribution in [0.1, 0.15) is 28.0 Å². The number of hydrogen-bond acceptors (Lipinski definition) is 5. The summed E-state index contributed by atoms with van der Waals surface area (Å²) >= 11 is 3.40. The van der Waals surface area contributed by atoms with Crippen molar-refractivity contribution < 1.29 is 14.3 Å². The van der Waals surface area contributed by atoms with Crippen molar-refractivity contribution in [2.75, 3.05) is 12.4 Å². The smallest absolute Gasteiger partial charge is 0.338 e. The van der Waals surface area contributed by atoms with Crippen LogP contribution in [-0.2, 0) is 22.6 Å². The van der Waals surface area contributed by atoms with Crippen LogP contribution < -0.4 is 5.32 Å². The Hall–Kier alpha value is -2.94. The maximum absolute atomic E-state index is 12.2. The number of aryl methyl sites for hydroxylation is 1. The van der Waals surface area contributed by atoms with Gasteiger partial charge in [-0.3, -0.25) is 14.2 Å². The Kier molecular flexibility index (Phi) is 6.25. The molecule has 1 N–H and O–H groups in total. The number of nitrogens with one attached hydrogen (secondary N) is 1. The van der Waals surface area contributed by atoms with Crippen LogP contribution in [0.15, 0.2) is 47.3 Å². The molecule has 3 aromatic rings. The van der Waals surface area contributed by atoms with Gasteiger partial charge in [-0.25, -0.2) is 4.79 Å². The van der Waals surface area contributed by atoms with E-state index in [4.69, 9.17) is 4.74 Å². The number of esters is 1. The standard InChI is InChI=1S/C19H20BrN5O3/c1-13-17(20)10-22-25(13)8-7-18(26)23-15-9-21-24(12-15)11-14-5-3-4-6-16(14)19(27)28-2/h3-6,9-10,12H,7-8,11H2,1-2H3,(H,23,26). The SMILES string of the molecule is COC(=O)c1ccccc1Cn1cc(NC(=O)CCn2ncc(Br)c2C)cn1. The fourth-order valence-corrected chi connectivity index (χ4v) is 3.03. The van der Waals surface area contributed by atoms with Gasteiger partial charge < -0.3 is 10.1 Å². The largest absolute Gasteiger partial charge is 0.465 e. The number of hydrogen-bond donors (Lipinski definition) is 1. The third kappa shape index (κ3) is 4.66. The average Bonchev–Trinajstić information content (AvgIpc) is 3.26. The molecular formula is C19H20BrN5O3. The Morgan fingerprint density at radius 3 is 2.71 bits per heavy atom. The zero-order chi connectivity index (χ0) is 20.1. The summed E-state index contributed by atoms with van der Waals surface area (Å²) in [5, 5.41) is 11.3. The topological polar surface area (TPSA) is 91.0 Å². The summed E-state index contributed by atoms with van der Waals surface area (Å²) < 4.78 is 9.16. The van der Waals surface area contributed by atoms with Gasteiger partial charge in [0.15, 0.2) is 0 Å². The minimum Gasteiger partial charge on any atom is -0.465 e. The number of carbonyl (C=O) groups excluding carboxylic acids is 2. The van der Waals surface area contributed by atoms with E-state index in [0.29, 0.717) is 30.8 Å². The lowest BCUT2D eigenvalue weighted by atomic mass is 10.1. The third-order valence-electron chi connectivity index (χ3n) is 4.27. The highest BCUT2D eigenvalue weighted by Crippen LogP contribution is 2.15. The first-order chi connectivity index (χ1) is 13.5. The number of anilines is 1. The Morgan fingerprint density at radius 1 is 1.21 bits per heavy atom. The lowest BCUT2D eigenvalue weighted by Gasteiger charge is -2.08. The summed E-state index contributed by atoms with van der Waals surface area (Å²) in [6, 6.07) is 7.19. The molecule has 0 aliphatic carbocycles. The van der Waals surface area contributed by atoms with E-state index in [2.05, 4.69) is 31.4 Å². The van der Waals surface area contributed by atoms with E-state index in [-0.39, 0.29) is 5.91 Å². The van der Waals surface area contributed by atoms with E-state index in [0.717, 1.165) is 15.7 Å². The molecule has 1 aromatic carbocycles. The van der Waals surface area contributed by atoms with Crippen molar-refractivity contribution in [3.05, 3.63) is 64.1 Å². The summed E-state index contributed by atoms with van der Waals surface area (Å²) in [4.78, 5) is 24.1. The second-order valence-electron chi connectivity index (χ2n) is 6.17. The van der Waals surface area contributed by atoms with Gasteiger partial charge in [0, 0.05) is 18.3 Å². The maximum atomic E-state index is 12.2. The zero-order valence-electron chi connectivity index (χ0n) is 15.6. The number of benzene rings is 1. The third-order valence-corrected chi connectivity index (χ3v) is 5.04. The molecule has 1 amide bonds. The molecule has 0 fully saturated rings. The lowest BCUT2D eigenvalue weighted by molar-refractivity contribution is -0.116. The normalized spacial score (nSPS) is 10.7. The Morgan fingerprint density at radius 2 is 2.00 bits per heavy atom. The Bertz CT molecular complexity index is 995. The van der Waals surface area contributed by atoms with Crippen molar-refractivity contribution in [3.8, 4) is 0 Å². The van der Waals surface area contributed by atoms with Gasteiger partial charge in [-0.15, -0.1) is 0 Å². The molecule has 0 atom stereocenters. The van der Waals surface area contributed by atoms with Gasteiger partial charge in [0.25, 0.3) is 0 Å². The molecule has 0 saturated heterocycles. The summed E-state index contributed by atoms with van der Waals surface area (Å²) in [6.07, 6.45) is 5.31. The summed E-state index contributed by atoms with van der Waals surface area (Å²) in [6.45, 7) is 2.82. The van der Waals surface area contributed by atoms with E-state index in [1.807, 2.05) is 19.1 Å². The van der Waals surface area contributed by atoms with Crippen LogP contribution in [0.25, 0.3) is 0 Å². The predicted molar refractivity (Wildman–Crippen MR) is 107 cm³/mol. The molecule has 28 heavy (non-hydrogen) atoms. The molecule has 0 bridgehead atoms. The second kappa shape index (κ2) is 8.83. The van der Waals surface area contributed by atoms with Crippen LogP contribution in [0.2, 0.25) is 0 Å². The van der Waals surface area contributed by atoms with E-state index < -0.39 is 5.97 Å². The van der Waals surface area contributed by atoms with E-state index in [9.17, 15) is 9.59 Å². The van der Waals surface area contributed by atoms with E-state index in [1.54, 1.807) is 40.1 Å². The second-order valence-corrected chi connectivity index (χ2v) is 7.03. The molecule has 8 nitrogen and oxygen atoms in total. The zero-order valence-corrected chi connectivity index (χ0v) is 17.1. The molecule has 0 radical (unpaired) electrons. The molecule has 0 unspecified atom stereocenters. The van der Waals surface area contributed by atoms with Gasteiger partial charge in [0.05, 0.1) is 48.3 Å². The monoisotopic (exact) mass is 445 g/mol. The Labute approximate surface area is 170 Å². The molecule has 2 heterocycles. The van der Waals surface area contributed by atoms with Crippen LogP contribution in [0.4, 0.5) is 5.69 Å². The first-order valence-corrected chi connectivity index (χ1v) is 9.43. The molecule has 0 aliphatic heterocycles. The van der Waals surface area contributed by atoms with Crippen molar-refractivity contribution in [3.63, 3.8) is 0 Å². The first-order valence-electron chi connectivity index (χ1n) is 8.64. The van der Waals surface area contributed by atoms with Crippen molar-refractivity contribution in [2.24, 2.45) is 0 Å². The van der Waals surface area contributed by atoms with E-state index >= 15 is 0 Å². The quantitative estimate of drug-likeness (QED) is 0.564. The summed E-state index contributed by atoms with van der Waals surface area (Å²) in [7, 11) is 1.35. The summed E-state index contributed by atoms with van der Waals surface area (Å²) in [5.41, 5.74) is 2.85. The van der Waals surface area contributed by atoms with Gasteiger partial charge in [0.2, 0.25) is 5.91 Å². The van der Waals surface area contributed by atoms with E-state index in [1.165, 1.54) is 7.11 Å². The molecular weight excluding hydrogens is 426 g/mol. The average molecular weight is 446 g/mol. The van der Waals surface area contributed by atoms with Crippen LogP contribution in [0, 0.1) is 6.92 Å². The highest BCUT2D eigenvalue weighted by molar-refractivity contribution is 9.10. The predicted octanol–water partition coefficient (Wildman–Crippen LogP) is 3.01. The molecule has 2 aromatic heterocycles. The van der Waals surface area contributed by atoms with Crippen molar-refractivity contribution in [1.82, 2.24) is 19.6 Å². The van der Waals surface area contributed by atoms with Crippen molar-refractivity contribution >= 4 is 33.5 Å². The number of aromatic nitrogens is 4. The number of nitrogens with zero attached hydrogens (tertiary/aromatic N) is 4. The Balaban J connectivity index is 1.59. The van der Waals surface area contributed by atoms with Crippen LogP contribution in [0.5, 0.6) is 0 Å². The summed E-state index contributed by atoms with van der Waals surface area (Å²) in [5.74, 6) is -0.516. The number of carbonyl (C=O) groups is 2.